The molecule has 21 heavy (non-hydrogen) atoms. The van der Waals surface area contributed by atoms with Crippen LogP contribution in [-0.2, 0) is 0 Å². The van der Waals surface area contributed by atoms with E-state index < -0.39 is 0 Å². The Balaban J connectivity index is 2.06. The lowest BCUT2D eigenvalue weighted by molar-refractivity contribution is 0.441. The third-order valence-electron chi connectivity index (χ3n) is 3.40. The Hall–Kier alpha value is -1.87. The second-order valence-electron chi connectivity index (χ2n) is 5.02. The van der Waals surface area contributed by atoms with Gasteiger partial charge in [0, 0.05) is 6.04 Å². The molecule has 1 unspecified atom stereocenters. The van der Waals surface area contributed by atoms with Crippen molar-refractivity contribution < 1.29 is 9.13 Å². The molecule has 0 saturated heterocycles. The molecule has 0 aliphatic rings. The molecule has 0 aromatic heterocycles. The molecule has 0 spiro atoms. The average Bonchev–Trinajstić information content (AvgIpc) is 2.52. The molecule has 0 aliphatic heterocycles. The molecule has 0 aliphatic carbocycles. The van der Waals surface area contributed by atoms with Gasteiger partial charge in [0.2, 0.25) is 0 Å². The van der Waals surface area contributed by atoms with Gasteiger partial charge in [-0.3, -0.25) is 0 Å². The van der Waals surface area contributed by atoms with Crippen LogP contribution >= 0.6 is 0 Å². The van der Waals surface area contributed by atoms with E-state index in [-0.39, 0.29) is 11.6 Å². The maximum absolute atomic E-state index is 13.5. The molecule has 2 aromatic rings. The third kappa shape index (κ3) is 4.30. The summed E-state index contributed by atoms with van der Waals surface area (Å²) in [7, 11) is 0. The van der Waals surface area contributed by atoms with Crippen LogP contribution in [0.5, 0.6) is 11.5 Å². The number of benzene rings is 2. The molecular formula is C18H22FNO. The van der Waals surface area contributed by atoms with E-state index in [1.165, 1.54) is 11.6 Å². The van der Waals surface area contributed by atoms with Crippen molar-refractivity contribution in [3.8, 4) is 11.5 Å². The van der Waals surface area contributed by atoms with Crippen LogP contribution in [0.4, 0.5) is 4.39 Å². The summed E-state index contributed by atoms with van der Waals surface area (Å²) in [6.45, 7) is 5.33. The van der Waals surface area contributed by atoms with Gasteiger partial charge in [-0.1, -0.05) is 38.1 Å². The van der Waals surface area contributed by atoms with E-state index >= 15 is 0 Å². The van der Waals surface area contributed by atoms with Gasteiger partial charge >= 0.3 is 0 Å². The summed E-state index contributed by atoms with van der Waals surface area (Å²) < 4.78 is 19.1. The first-order valence-corrected chi connectivity index (χ1v) is 7.50. The lowest BCUT2D eigenvalue weighted by Gasteiger charge is -2.17. The second kappa shape index (κ2) is 7.79. The monoisotopic (exact) mass is 287 g/mol. The summed E-state index contributed by atoms with van der Waals surface area (Å²) in [6.07, 6.45) is 2.15. The van der Waals surface area contributed by atoms with Crippen molar-refractivity contribution in [3.05, 3.63) is 59.9 Å². The lowest BCUT2D eigenvalue weighted by Crippen LogP contribution is -2.21. The largest absolute Gasteiger partial charge is 0.454 e. The number of hydrogen-bond acceptors (Lipinski definition) is 2. The Bertz CT molecular complexity index is 553. The average molecular weight is 287 g/mol. The Kier molecular flexibility index (Phi) is 5.76. The number of hydrogen-bond donors (Lipinski definition) is 1. The molecule has 3 heteroatoms. The summed E-state index contributed by atoms with van der Waals surface area (Å²) in [6, 6.07) is 14.6. The number of nitrogens with one attached hydrogen (secondary N) is 1. The molecule has 2 nitrogen and oxygen atoms in total. The van der Waals surface area contributed by atoms with Crippen LogP contribution in [0.3, 0.4) is 0 Å². The summed E-state index contributed by atoms with van der Waals surface area (Å²) in [5, 5.41) is 3.51. The van der Waals surface area contributed by atoms with E-state index in [4.69, 9.17) is 4.74 Å². The first-order chi connectivity index (χ1) is 10.2. The van der Waals surface area contributed by atoms with Gasteiger partial charge in [-0.15, -0.1) is 0 Å². The highest BCUT2D eigenvalue weighted by atomic mass is 19.1. The molecule has 2 aromatic carbocycles. The molecule has 0 bridgehead atoms. The second-order valence-corrected chi connectivity index (χ2v) is 5.02. The quantitative estimate of drug-likeness (QED) is 0.767. The molecule has 0 fully saturated rings. The Morgan fingerprint density at radius 2 is 1.76 bits per heavy atom. The highest BCUT2D eigenvalue weighted by Gasteiger charge is 2.09. The van der Waals surface area contributed by atoms with Gasteiger partial charge in [0.15, 0.2) is 11.6 Å². The Morgan fingerprint density at radius 1 is 1.05 bits per heavy atom. The number of rotatable bonds is 7. The predicted molar refractivity (Wildman–Crippen MR) is 84.2 cm³/mol. The topological polar surface area (TPSA) is 21.3 Å². The first kappa shape index (κ1) is 15.5. The van der Waals surface area contributed by atoms with Crippen molar-refractivity contribution in [2.45, 2.75) is 32.7 Å². The minimum absolute atomic E-state index is 0.251. The molecule has 0 saturated carbocycles. The SMILES string of the molecule is CCCNC(CC)c1ccc(Oc2ccccc2F)cc1. The van der Waals surface area contributed by atoms with Gasteiger partial charge in [0.1, 0.15) is 5.75 Å². The highest BCUT2D eigenvalue weighted by molar-refractivity contribution is 5.34. The zero-order chi connectivity index (χ0) is 15.1. The number of ether oxygens (including phenoxy) is 1. The van der Waals surface area contributed by atoms with E-state index in [0.29, 0.717) is 11.8 Å². The normalized spacial score (nSPS) is 12.1. The molecule has 1 N–H and O–H groups in total. The van der Waals surface area contributed by atoms with Gasteiger partial charge in [0.25, 0.3) is 0 Å². The molecule has 112 valence electrons. The maximum atomic E-state index is 13.5. The fourth-order valence-corrected chi connectivity index (χ4v) is 2.24. The van der Waals surface area contributed by atoms with Gasteiger partial charge in [-0.25, -0.2) is 4.39 Å². The summed E-state index contributed by atoms with van der Waals surface area (Å²) in [5.41, 5.74) is 1.23. The van der Waals surface area contributed by atoms with Crippen molar-refractivity contribution in [2.75, 3.05) is 6.54 Å². The molecular weight excluding hydrogens is 265 g/mol. The van der Waals surface area contributed by atoms with E-state index in [9.17, 15) is 4.39 Å². The number of para-hydroxylation sites is 1. The smallest absolute Gasteiger partial charge is 0.165 e. The fourth-order valence-electron chi connectivity index (χ4n) is 2.24. The zero-order valence-corrected chi connectivity index (χ0v) is 12.6. The highest BCUT2D eigenvalue weighted by Crippen LogP contribution is 2.26. The molecule has 2 rings (SSSR count). The minimum Gasteiger partial charge on any atom is -0.454 e. The molecule has 0 heterocycles. The first-order valence-electron chi connectivity index (χ1n) is 7.50. The third-order valence-corrected chi connectivity index (χ3v) is 3.40. The van der Waals surface area contributed by atoms with Gasteiger partial charge in [-0.2, -0.15) is 0 Å². The summed E-state index contributed by atoms with van der Waals surface area (Å²) in [4.78, 5) is 0. The van der Waals surface area contributed by atoms with Crippen LogP contribution in [0.25, 0.3) is 0 Å². The maximum Gasteiger partial charge on any atom is 0.165 e. The minimum atomic E-state index is -0.349. The molecule has 1 atom stereocenters. The fraction of sp³-hybridized carbons (Fsp3) is 0.333. The standard InChI is InChI=1S/C18H22FNO/c1-3-13-20-17(4-2)14-9-11-15(12-10-14)21-18-8-6-5-7-16(18)19/h5-12,17,20H,3-4,13H2,1-2H3. The van der Waals surface area contributed by atoms with Crippen molar-refractivity contribution in [1.29, 1.82) is 0 Å². The van der Waals surface area contributed by atoms with Crippen LogP contribution in [0, 0.1) is 5.82 Å². The molecule has 0 radical (unpaired) electrons. The van der Waals surface area contributed by atoms with Crippen molar-refractivity contribution in [2.24, 2.45) is 0 Å². The van der Waals surface area contributed by atoms with Gasteiger partial charge < -0.3 is 10.1 Å². The van der Waals surface area contributed by atoms with Crippen LogP contribution in [0.1, 0.15) is 38.3 Å². The Labute approximate surface area is 126 Å². The van der Waals surface area contributed by atoms with Crippen LogP contribution in [0.15, 0.2) is 48.5 Å². The van der Waals surface area contributed by atoms with Crippen LogP contribution < -0.4 is 10.1 Å². The van der Waals surface area contributed by atoms with Crippen LogP contribution in [-0.4, -0.2) is 6.54 Å². The van der Waals surface area contributed by atoms with Crippen molar-refractivity contribution in [3.63, 3.8) is 0 Å². The number of halogens is 1. The van der Waals surface area contributed by atoms with Gasteiger partial charge in [0.05, 0.1) is 0 Å². The predicted octanol–water partition coefficient (Wildman–Crippen LogP) is 5.07. The van der Waals surface area contributed by atoms with E-state index in [1.54, 1.807) is 18.2 Å². The summed E-state index contributed by atoms with van der Waals surface area (Å²) in [5.74, 6) is 0.549. The Morgan fingerprint density at radius 3 is 2.38 bits per heavy atom. The van der Waals surface area contributed by atoms with Crippen molar-refractivity contribution in [1.82, 2.24) is 5.32 Å². The van der Waals surface area contributed by atoms with E-state index in [1.807, 2.05) is 24.3 Å². The van der Waals surface area contributed by atoms with Crippen molar-refractivity contribution >= 4 is 0 Å². The molecule has 0 amide bonds. The van der Waals surface area contributed by atoms with Gasteiger partial charge in [-0.05, 0) is 49.2 Å². The zero-order valence-electron chi connectivity index (χ0n) is 12.6. The summed E-state index contributed by atoms with van der Waals surface area (Å²) >= 11 is 0. The van der Waals surface area contributed by atoms with Crippen LogP contribution in [0.2, 0.25) is 0 Å². The lowest BCUT2D eigenvalue weighted by atomic mass is 10.0. The van der Waals surface area contributed by atoms with E-state index in [2.05, 4.69) is 19.2 Å². The van der Waals surface area contributed by atoms with E-state index in [0.717, 1.165) is 19.4 Å².